The van der Waals surface area contributed by atoms with Crippen LogP contribution in [0.5, 0.6) is 0 Å². The zero-order valence-electron chi connectivity index (χ0n) is 22.7. The fourth-order valence-corrected chi connectivity index (χ4v) is 6.56. The molecule has 0 N–H and O–H groups in total. The first-order valence-electron chi connectivity index (χ1n) is 13.8. The van der Waals surface area contributed by atoms with E-state index in [4.69, 9.17) is 10.2 Å². The highest BCUT2D eigenvalue weighted by molar-refractivity contribution is 6.29. The molecule has 0 fully saturated rings. The van der Waals surface area contributed by atoms with E-state index in [1.807, 2.05) is 82.2 Å². The Morgan fingerprint density at radius 1 is 0.475 bits per heavy atom. The van der Waals surface area contributed by atoms with Crippen LogP contribution < -0.4 is 0 Å². The van der Waals surface area contributed by atoms with Crippen LogP contribution in [0.4, 0.5) is 0 Å². The molecule has 6 nitrogen and oxygen atoms in total. The van der Waals surface area contributed by atoms with E-state index in [2.05, 4.69) is 27.7 Å². The first-order chi connectivity index (χ1) is 19.4. The molecule has 4 aromatic carbocycles. The van der Waals surface area contributed by atoms with Gasteiger partial charge in [-0.25, -0.2) is 0 Å². The summed E-state index contributed by atoms with van der Waals surface area (Å²) in [6.07, 6.45) is 0. The third-order valence-electron chi connectivity index (χ3n) is 8.31. The highest BCUT2D eigenvalue weighted by Crippen LogP contribution is 2.47. The molecule has 6 aromatic rings. The van der Waals surface area contributed by atoms with Crippen molar-refractivity contribution in [1.29, 1.82) is 0 Å². The number of carbonyl (C=O) groups excluding carboxylic acids is 2. The molecule has 8 rings (SSSR count). The van der Waals surface area contributed by atoms with Gasteiger partial charge in [-0.3, -0.25) is 19.0 Å². The van der Waals surface area contributed by atoms with Gasteiger partial charge in [-0.1, -0.05) is 60.7 Å². The second kappa shape index (κ2) is 7.85. The van der Waals surface area contributed by atoms with Crippen molar-refractivity contribution in [2.45, 2.75) is 39.8 Å². The van der Waals surface area contributed by atoms with Gasteiger partial charge < -0.3 is 0 Å². The van der Waals surface area contributed by atoms with Crippen LogP contribution in [-0.2, 0) is 0 Å². The Balaban J connectivity index is 1.52. The molecule has 0 saturated heterocycles. The summed E-state index contributed by atoms with van der Waals surface area (Å²) >= 11 is 0. The van der Waals surface area contributed by atoms with Gasteiger partial charge in [-0.05, 0) is 39.8 Å². The van der Waals surface area contributed by atoms with Gasteiger partial charge in [0.05, 0.1) is 11.0 Å². The van der Waals surface area contributed by atoms with E-state index in [0.29, 0.717) is 22.3 Å². The number of ketones is 2. The summed E-state index contributed by atoms with van der Waals surface area (Å²) in [5.74, 6) is 0.0455. The van der Waals surface area contributed by atoms with Crippen molar-refractivity contribution in [2.75, 3.05) is 0 Å². The van der Waals surface area contributed by atoms with Crippen LogP contribution in [0.3, 0.4) is 0 Å². The van der Waals surface area contributed by atoms with Crippen LogP contribution in [0.2, 0.25) is 0 Å². The van der Waals surface area contributed by atoms with Crippen molar-refractivity contribution in [1.82, 2.24) is 19.6 Å². The van der Waals surface area contributed by atoms with Crippen molar-refractivity contribution in [2.24, 2.45) is 0 Å². The summed E-state index contributed by atoms with van der Waals surface area (Å²) in [7, 11) is 0. The topological polar surface area (TPSA) is 69.8 Å². The second-order valence-electron chi connectivity index (χ2n) is 11.3. The summed E-state index contributed by atoms with van der Waals surface area (Å²) in [6.45, 7) is 8.45. The molecule has 2 heterocycles. The largest absolute Gasteiger partial charge is 0.289 e. The predicted molar refractivity (Wildman–Crippen MR) is 157 cm³/mol. The molecule has 0 unspecified atom stereocenters. The number of nitrogens with zero attached hydrogens (tertiary/aromatic N) is 4. The summed E-state index contributed by atoms with van der Waals surface area (Å²) in [4.78, 5) is 27.3. The van der Waals surface area contributed by atoms with E-state index in [-0.39, 0.29) is 23.7 Å². The highest BCUT2D eigenvalue weighted by atomic mass is 16.1. The molecule has 2 aliphatic rings. The van der Waals surface area contributed by atoms with Gasteiger partial charge in [0.1, 0.15) is 11.4 Å². The number of hydrogen-bond donors (Lipinski definition) is 0. The predicted octanol–water partition coefficient (Wildman–Crippen LogP) is 7.64. The Hall–Kier alpha value is -4.84. The Kier molecular flexibility index (Phi) is 4.53. The molecule has 0 amide bonds. The lowest BCUT2D eigenvalue weighted by molar-refractivity contribution is 0.103. The van der Waals surface area contributed by atoms with E-state index >= 15 is 0 Å². The van der Waals surface area contributed by atoms with Gasteiger partial charge in [0, 0.05) is 67.4 Å². The van der Waals surface area contributed by atoms with E-state index in [0.717, 1.165) is 55.4 Å². The van der Waals surface area contributed by atoms with Crippen molar-refractivity contribution >= 4 is 33.4 Å². The number of fused-ring (bicyclic) bond motifs is 4. The zero-order chi connectivity index (χ0) is 27.4. The molecule has 0 saturated carbocycles. The van der Waals surface area contributed by atoms with E-state index in [1.165, 1.54) is 0 Å². The molecule has 0 aliphatic heterocycles. The van der Waals surface area contributed by atoms with Crippen LogP contribution >= 0.6 is 0 Å². The molecule has 2 aliphatic carbocycles. The van der Waals surface area contributed by atoms with Gasteiger partial charge in [-0.2, -0.15) is 10.2 Å². The van der Waals surface area contributed by atoms with Gasteiger partial charge in [0.15, 0.2) is 11.6 Å². The normalized spacial score (nSPS) is 13.6. The monoisotopic (exact) mass is 522 g/mol. The highest BCUT2D eigenvalue weighted by Gasteiger charge is 2.34. The minimum atomic E-state index is 0.0227. The van der Waals surface area contributed by atoms with Crippen molar-refractivity contribution in [3.8, 4) is 33.6 Å². The van der Waals surface area contributed by atoms with Crippen molar-refractivity contribution < 1.29 is 9.59 Å². The molecular weight excluding hydrogens is 496 g/mol. The fourth-order valence-electron chi connectivity index (χ4n) is 6.56. The molecule has 0 spiro atoms. The summed E-state index contributed by atoms with van der Waals surface area (Å²) in [5, 5.41) is 12.0. The SMILES string of the molecule is CC(C)n1nc2c3c(ccc(-c4ccc5c6c(nn(C(C)C)c46)-c4ccccc4C5=O)c31)C(=O)c1ccccc1-2. The molecule has 40 heavy (non-hydrogen) atoms. The lowest BCUT2D eigenvalue weighted by Gasteiger charge is -2.19. The van der Waals surface area contributed by atoms with E-state index in [9.17, 15) is 9.59 Å². The van der Waals surface area contributed by atoms with Crippen molar-refractivity contribution in [3.63, 3.8) is 0 Å². The van der Waals surface area contributed by atoms with Crippen LogP contribution in [0.1, 0.15) is 71.6 Å². The summed E-state index contributed by atoms with van der Waals surface area (Å²) in [5.41, 5.74) is 9.96. The smallest absolute Gasteiger partial charge is 0.194 e. The number of aromatic nitrogens is 4. The third kappa shape index (κ3) is 2.78. The molecule has 2 aromatic heterocycles. The quantitative estimate of drug-likeness (QED) is 0.239. The standard InChI is InChI=1S/C34H26N4O2/c1-17(2)37-31-21(13-15-25-27(31)29(35-37)19-9-5-7-11-23(19)33(25)39)22-14-16-26-28-30(36-38(18(3)4)32(22)28)20-10-6-8-12-24(20)34(26)40/h5-18H,1-4H3. The minimum Gasteiger partial charge on any atom is -0.289 e. The van der Waals surface area contributed by atoms with Gasteiger partial charge in [0.25, 0.3) is 0 Å². The number of hydrogen-bond acceptors (Lipinski definition) is 4. The van der Waals surface area contributed by atoms with Crippen LogP contribution in [0.25, 0.3) is 55.4 Å². The molecule has 0 bridgehead atoms. The Morgan fingerprint density at radius 3 is 1.20 bits per heavy atom. The average molecular weight is 523 g/mol. The molecular formula is C34H26N4O2. The van der Waals surface area contributed by atoms with E-state index < -0.39 is 0 Å². The number of carbonyl (C=O) groups is 2. The minimum absolute atomic E-state index is 0.0227. The Bertz CT molecular complexity index is 1960. The first-order valence-corrected chi connectivity index (χ1v) is 13.8. The van der Waals surface area contributed by atoms with Gasteiger partial charge >= 0.3 is 0 Å². The fraction of sp³-hybridized carbons (Fsp3) is 0.176. The average Bonchev–Trinajstić information content (AvgIpc) is 3.56. The number of benzene rings is 4. The Morgan fingerprint density at radius 2 is 0.825 bits per heavy atom. The van der Waals surface area contributed by atoms with Crippen LogP contribution in [0.15, 0.2) is 72.8 Å². The number of rotatable bonds is 3. The molecule has 0 radical (unpaired) electrons. The zero-order valence-corrected chi connectivity index (χ0v) is 22.7. The maximum atomic E-state index is 13.6. The maximum absolute atomic E-state index is 13.6. The lowest BCUT2D eigenvalue weighted by atomic mass is 9.83. The van der Waals surface area contributed by atoms with Gasteiger partial charge in [-0.15, -0.1) is 0 Å². The summed E-state index contributed by atoms with van der Waals surface area (Å²) in [6, 6.07) is 23.6. The molecule has 0 atom stereocenters. The second-order valence-corrected chi connectivity index (χ2v) is 11.3. The van der Waals surface area contributed by atoms with Crippen LogP contribution in [0, 0.1) is 0 Å². The van der Waals surface area contributed by atoms with Gasteiger partial charge in [0.2, 0.25) is 0 Å². The summed E-state index contributed by atoms with van der Waals surface area (Å²) < 4.78 is 4.09. The van der Waals surface area contributed by atoms with Crippen molar-refractivity contribution in [3.05, 3.63) is 95.1 Å². The third-order valence-corrected chi connectivity index (χ3v) is 8.31. The first kappa shape index (κ1) is 23.1. The Labute approximate surface area is 230 Å². The molecule has 194 valence electrons. The molecule has 6 heteroatoms. The lowest BCUT2D eigenvalue weighted by Crippen LogP contribution is -2.10. The van der Waals surface area contributed by atoms with Crippen LogP contribution in [-0.4, -0.2) is 31.1 Å². The maximum Gasteiger partial charge on any atom is 0.194 e. The van der Waals surface area contributed by atoms with E-state index in [1.54, 1.807) is 0 Å².